The molecule has 0 radical (unpaired) electrons. The number of halogens is 2. The van der Waals surface area contributed by atoms with Gasteiger partial charge in [0.2, 0.25) is 0 Å². The first-order valence-corrected chi connectivity index (χ1v) is 8.71. The molecule has 0 amide bonds. The second-order valence-electron chi connectivity index (χ2n) is 6.11. The van der Waals surface area contributed by atoms with Crippen LogP contribution in [0.3, 0.4) is 0 Å². The lowest BCUT2D eigenvalue weighted by Crippen LogP contribution is -2.39. The van der Waals surface area contributed by atoms with Crippen LogP contribution in [0.5, 0.6) is 11.5 Å². The molecule has 130 valence electrons. The molecule has 0 aliphatic carbocycles. The number of nitrogens with zero attached hydrogens (tertiary/aromatic N) is 1. The van der Waals surface area contributed by atoms with Crippen LogP contribution in [-0.2, 0) is 0 Å². The lowest BCUT2D eigenvalue weighted by molar-refractivity contribution is 0.108. The van der Waals surface area contributed by atoms with E-state index in [4.69, 9.17) is 21.1 Å². The summed E-state index contributed by atoms with van der Waals surface area (Å²) in [5.41, 5.74) is 0.592. The quantitative estimate of drug-likeness (QED) is 0.876. The van der Waals surface area contributed by atoms with Gasteiger partial charge in [-0.25, -0.2) is 4.39 Å². The minimum absolute atomic E-state index is 0.0494. The number of benzene rings is 1. The summed E-state index contributed by atoms with van der Waals surface area (Å²) >= 11 is 6.04. The Morgan fingerprint density at radius 1 is 1.42 bits per heavy atom. The third-order valence-electron chi connectivity index (χ3n) is 4.59. The van der Waals surface area contributed by atoms with Gasteiger partial charge in [-0.2, -0.15) is 0 Å². The van der Waals surface area contributed by atoms with E-state index in [-0.39, 0.29) is 11.1 Å². The largest absolute Gasteiger partial charge is 0.493 e. The summed E-state index contributed by atoms with van der Waals surface area (Å²) in [7, 11) is 1.57. The molecule has 3 rings (SSSR count). The Balaban J connectivity index is 1.94. The Hall–Kier alpha value is -1.59. The molecular weight excluding hydrogens is 331 g/mol. The van der Waals surface area contributed by atoms with Gasteiger partial charge in [0.1, 0.15) is 6.10 Å². The standard InChI is InChI=1S/C18H22ClFN2O2/c1-3-15(11-5-4-6-21-9-11)24-17-8-14-12(7-16(17)23-2)18(19)13(20)10-22-14/h7-8,10-11,15,21H,3-6,9H2,1-2H3. The van der Waals surface area contributed by atoms with Gasteiger partial charge < -0.3 is 14.8 Å². The molecule has 1 aromatic heterocycles. The maximum Gasteiger partial charge on any atom is 0.163 e. The fourth-order valence-corrected chi connectivity index (χ4v) is 3.47. The Bertz CT molecular complexity index is 720. The minimum Gasteiger partial charge on any atom is -0.493 e. The van der Waals surface area contributed by atoms with Crippen LogP contribution >= 0.6 is 11.6 Å². The van der Waals surface area contributed by atoms with Crippen molar-refractivity contribution in [3.63, 3.8) is 0 Å². The number of piperidine rings is 1. The molecule has 24 heavy (non-hydrogen) atoms. The van der Waals surface area contributed by atoms with Crippen molar-refractivity contribution < 1.29 is 13.9 Å². The number of methoxy groups -OCH3 is 1. The van der Waals surface area contributed by atoms with Gasteiger partial charge in [-0.05, 0) is 31.9 Å². The van der Waals surface area contributed by atoms with Gasteiger partial charge in [-0.15, -0.1) is 0 Å². The molecule has 0 spiro atoms. The molecule has 6 heteroatoms. The zero-order valence-electron chi connectivity index (χ0n) is 13.9. The normalized spacial score (nSPS) is 19.2. The predicted molar refractivity (Wildman–Crippen MR) is 93.6 cm³/mol. The van der Waals surface area contributed by atoms with E-state index in [0.717, 1.165) is 38.5 Å². The Labute approximate surface area is 146 Å². The van der Waals surface area contributed by atoms with Crippen molar-refractivity contribution in [2.24, 2.45) is 5.92 Å². The highest BCUT2D eigenvalue weighted by molar-refractivity contribution is 6.35. The molecule has 1 aromatic carbocycles. The third-order valence-corrected chi connectivity index (χ3v) is 4.97. The third kappa shape index (κ3) is 3.42. The van der Waals surface area contributed by atoms with Crippen LogP contribution in [0.25, 0.3) is 10.9 Å². The first kappa shape index (κ1) is 17.2. The molecule has 1 fully saturated rings. The van der Waals surface area contributed by atoms with E-state index in [1.165, 1.54) is 0 Å². The monoisotopic (exact) mass is 352 g/mol. The van der Waals surface area contributed by atoms with Crippen LogP contribution in [-0.4, -0.2) is 31.3 Å². The number of aromatic nitrogens is 1. The summed E-state index contributed by atoms with van der Waals surface area (Å²) in [6.07, 6.45) is 4.45. The van der Waals surface area contributed by atoms with Crippen LogP contribution in [0.2, 0.25) is 5.02 Å². The van der Waals surface area contributed by atoms with Crippen molar-refractivity contribution in [3.8, 4) is 11.5 Å². The van der Waals surface area contributed by atoms with Crippen LogP contribution in [0, 0.1) is 11.7 Å². The summed E-state index contributed by atoms with van der Waals surface area (Å²) in [6, 6.07) is 3.47. The Morgan fingerprint density at radius 3 is 2.92 bits per heavy atom. The highest BCUT2D eigenvalue weighted by Crippen LogP contribution is 2.37. The fourth-order valence-electron chi connectivity index (χ4n) is 3.27. The maximum atomic E-state index is 13.6. The van der Waals surface area contributed by atoms with Crippen molar-refractivity contribution in [1.29, 1.82) is 0 Å². The Morgan fingerprint density at radius 2 is 2.25 bits per heavy atom. The fraction of sp³-hybridized carbons (Fsp3) is 0.500. The molecule has 4 nitrogen and oxygen atoms in total. The lowest BCUT2D eigenvalue weighted by Gasteiger charge is -2.31. The van der Waals surface area contributed by atoms with E-state index >= 15 is 0 Å². The molecule has 2 aromatic rings. The van der Waals surface area contributed by atoms with E-state index in [9.17, 15) is 4.39 Å². The van der Waals surface area contributed by atoms with Gasteiger partial charge in [0.05, 0.1) is 23.8 Å². The van der Waals surface area contributed by atoms with Crippen molar-refractivity contribution in [2.75, 3.05) is 20.2 Å². The van der Waals surface area contributed by atoms with Crippen molar-refractivity contribution >= 4 is 22.5 Å². The van der Waals surface area contributed by atoms with Gasteiger partial charge in [0, 0.05) is 23.9 Å². The van der Waals surface area contributed by atoms with Crippen LogP contribution in [0.15, 0.2) is 18.3 Å². The van der Waals surface area contributed by atoms with E-state index < -0.39 is 5.82 Å². The van der Waals surface area contributed by atoms with E-state index in [2.05, 4.69) is 17.2 Å². The molecule has 1 aliphatic rings. The van der Waals surface area contributed by atoms with E-state index in [1.807, 2.05) is 0 Å². The average molecular weight is 353 g/mol. The highest BCUT2D eigenvalue weighted by atomic mass is 35.5. The van der Waals surface area contributed by atoms with Gasteiger partial charge in [0.25, 0.3) is 0 Å². The summed E-state index contributed by atoms with van der Waals surface area (Å²) in [5, 5.41) is 4.00. The van der Waals surface area contributed by atoms with Crippen molar-refractivity contribution in [1.82, 2.24) is 10.3 Å². The average Bonchev–Trinajstić information content (AvgIpc) is 2.63. The molecule has 0 saturated carbocycles. The van der Waals surface area contributed by atoms with Crippen LogP contribution in [0.1, 0.15) is 26.2 Å². The number of fused-ring (bicyclic) bond motifs is 1. The number of rotatable bonds is 5. The molecule has 0 bridgehead atoms. The molecule has 1 N–H and O–H groups in total. The predicted octanol–water partition coefficient (Wildman–Crippen LogP) is 4.19. The van der Waals surface area contributed by atoms with Gasteiger partial charge >= 0.3 is 0 Å². The SMILES string of the molecule is CCC(Oc1cc2ncc(F)c(Cl)c2cc1OC)C1CCCNC1. The second kappa shape index (κ2) is 7.53. The molecule has 2 atom stereocenters. The first-order chi connectivity index (χ1) is 11.6. The first-order valence-electron chi connectivity index (χ1n) is 8.33. The summed E-state index contributed by atoms with van der Waals surface area (Å²) in [6.45, 7) is 4.15. The zero-order chi connectivity index (χ0) is 17.1. The summed E-state index contributed by atoms with van der Waals surface area (Å²) < 4.78 is 25.3. The van der Waals surface area contributed by atoms with Gasteiger partial charge in [0.15, 0.2) is 17.3 Å². The van der Waals surface area contributed by atoms with E-state index in [0.29, 0.717) is 28.3 Å². The number of ether oxygens (including phenoxy) is 2. The van der Waals surface area contributed by atoms with E-state index in [1.54, 1.807) is 19.2 Å². The van der Waals surface area contributed by atoms with Crippen molar-refractivity contribution in [3.05, 3.63) is 29.2 Å². The van der Waals surface area contributed by atoms with Crippen LogP contribution in [0.4, 0.5) is 4.39 Å². The minimum atomic E-state index is -0.542. The molecule has 2 heterocycles. The number of hydrogen-bond donors (Lipinski definition) is 1. The lowest BCUT2D eigenvalue weighted by atomic mass is 9.92. The summed E-state index contributed by atoms with van der Waals surface area (Å²) in [4.78, 5) is 4.12. The second-order valence-corrected chi connectivity index (χ2v) is 6.49. The van der Waals surface area contributed by atoms with Crippen molar-refractivity contribution in [2.45, 2.75) is 32.3 Å². The molecular formula is C18H22ClFN2O2. The number of pyridine rings is 1. The highest BCUT2D eigenvalue weighted by Gasteiger charge is 2.25. The van der Waals surface area contributed by atoms with Crippen LogP contribution < -0.4 is 14.8 Å². The smallest absolute Gasteiger partial charge is 0.163 e. The Kier molecular flexibility index (Phi) is 5.41. The zero-order valence-corrected chi connectivity index (χ0v) is 14.7. The summed E-state index contributed by atoms with van der Waals surface area (Å²) in [5.74, 6) is 1.09. The molecule has 1 aliphatic heterocycles. The topological polar surface area (TPSA) is 43.4 Å². The number of hydrogen-bond acceptors (Lipinski definition) is 4. The number of nitrogens with one attached hydrogen (secondary N) is 1. The molecule has 2 unspecified atom stereocenters. The maximum absolute atomic E-state index is 13.6. The molecule has 1 saturated heterocycles. The van der Waals surface area contributed by atoms with Gasteiger partial charge in [-0.1, -0.05) is 18.5 Å². The van der Waals surface area contributed by atoms with Gasteiger partial charge in [-0.3, -0.25) is 4.98 Å².